The molecule has 0 fully saturated rings. The Morgan fingerprint density at radius 2 is 1.74 bits per heavy atom. The topological polar surface area (TPSA) is 68.5 Å². The first-order valence-corrected chi connectivity index (χ1v) is 13.3. The molecule has 0 saturated heterocycles. The van der Waals surface area contributed by atoms with Crippen LogP contribution >= 0.6 is 11.8 Å². The predicted molar refractivity (Wildman–Crippen MR) is 154 cm³/mol. The Morgan fingerprint density at radius 3 is 2.58 bits per heavy atom. The fraction of sp³-hybridized carbons (Fsp3) is 0.129. The Morgan fingerprint density at radius 1 is 0.947 bits per heavy atom. The number of aryl methyl sites for hydroxylation is 1. The maximum atomic E-state index is 12.5. The second-order valence-electron chi connectivity index (χ2n) is 8.88. The lowest BCUT2D eigenvalue weighted by molar-refractivity contribution is -0.118. The average molecular weight is 521 g/mol. The van der Waals surface area contributed by atoms with Crippen LogP contribution in [0.3, 0.4) is 0 Å². The number of carbonyl (C=O) groups is 1. The molecule has 0 spiro atoms. The van der Waals surface area contributed by atoms with Crippen molar-refractivity contribution in [2.24, 2.45) is 5.10 Å². The van der Waals surface area contributed by atoms with E-state index in [9.17, 15) is 4.79 Å². The van der Waals surface area contributed by atoms with Crippen LogP contribution in [-0.4, -0.2) is 27.4 Å². The molecule has 0 bridgehead atoms. The highest BCUT2D eigenvalue weighted by Crippen LogP contribution is 2.25. The molecule has 6 nitrogen and oxygen atoms in total. The third-order valence-corrected chi connectivity index (χ3v) is 6.90. The highest BCUT2D eigenvalue weighted by atomic mass is 32.2. The largest absolute Gasteiger partial charge is 0.489 e. The van der Waals surface area contributed by atoms with Crippen molar-refractivity contribution >= 4 is 34.9 Å². The number of thioether (sulfide) groups is 1. The van der Waals surface area contributed by atoms with Gasteiger partial charge in [0.05, 0.1) is 29.5 Å². The lowest BCUT2D eigenvalue weighted by Gasteiger charge is -2.09. The van der Waals surface area contributed by atoms with Crippen molar-refractivity contribution in [1.29, 1.82) is 0 Å². The minimum atomic E-state index is -0.198. The Kier molecular flexibility index (Phi) is 8.16. The molecule has 190 valence electrons. The molecule has 0 unspecified atom stereocenters. The van der Waals surface area contributed by atoms with Gasteiger partial charge in [-0.2, -0.15) is 5.10 Å². The summed E-state index contributed by atoms with van der Waals surface area (Å²) in [6.45, 7) is 3.25. The molecule has 0 radical (unpaired) electrons. The molecule has 5 aromatic rings. The number of amides is 1. The number of ether oxygens (including phenoxy) is 1. The van der Waals surface area contributed by atoms with Crippen LogP contribution < -0.4 is 10.2 Å². The number of aromatic nitrogens is 2. The second kappa shape index (κ2) is 12.3. The summed E-state index contributed by atoms with van der Waals surface area (Å²) in [5, 5.41) is 4.93. The normalized spacial score (nSPS) is 11.2. The summed E-state index contributed by atoms with van der Waals surface area (Å²) in [7, 11) is 0. The number of fused-ring (bicyclic) bond motifs is 1. The van der Waals surface area contributed by atoms with Gasteiger partial charge in [-0.15, -0.1) is 0 Å². The maximum absolute atomic E-state index is 12.5. The van der Waals surface area contributed by atoms with Crippen molar-refractivity contribution in [3.8, 4) is 5.75 Å². The number of nitrogens with one attached hydrogen (secondary N) is 1. The van der Waals surface area contributed by atoms with Gasteiger partial charge in [-0.1, -0.05) is 96.2 Å². The molecule has 5 rings (SSSR count). The molecule has 38 heavy (non-hydrogen) atoms. The van der Waals surface area contributed by atoms with Crippen LogP contribution in [0.4, 0.5) is 0 Å². The number of hydrogen-bond donors (Lipinski definition) is 1. The van der Waals surface area contributed by atoms with Gasteiger partial charge in [0.25, 0.3) is 5.91 Å². The quantitative estimate of drug-likeness (QED) is 0.135. The number of benzene rings is 4. The second-order valence-corrected chi connectivity index (χ2v) is 9.83. The summed E-state index contributed by atoms with van der Waals surface area (Å²) >= 11 is 1.40. The number of hydrazone groups is 1. The van der Waals surface area contributed by atoms with Crippen LogP contribution in [0.2, 0.25) is 0 Å². The number of carbonyl (C=O) groups excluding carboxylic acids is 1. The van der Waals surface area contributed by atoms with Crippen LogP contribution in [0.5, 0.6) is 5.75 Å². The Bertz CT molecular complexity index is 1550. The van der Waals surface area contributed by atoms with E-state index in [1.54, 1.807) is 6.21 Å². The van der Waals surface area contributed by atoms with Crippen molar-refractivity contribution < 1.29 is 9.53 Å². The molecule has 0 aliphatic carbocycles. The highest BCUT2D eigenvalue weighted by Gasteiger charge is 2.13. The van der Waals surface area contributed by atoms with Crippen LogP contribution in [-0.2, 0) is 17.9 Å². The molecule has 1 aromatic heterocycles. The third kappa shape index (κ3) is 6.69. The number of hydrogen-bond acceptors (Lipinski definition) is 5. The van der Waals surface area contributed by atoms with E-state index in [1.807, 2.05) is 72.8 Å². The van der Waals surface area contributed by atoms with Gasteiger partial charge in [0.2, 0.25) is 0 Å². The Balaban J connectivity index is 1.18. The molecule has 0 saturated carbocycles. The molecule has 0 aliphatic heterocycles. The highest BCUT2D eigenvalue weighted by molar-refractivity contribution is 7.99. The third-order valence-electron chi connectivity index (χ3n) is 5.92. The zero-order valence-corrected chi connectivity index (χ0v) is 21.9. The van der Waals surface area contributed by atoms with E-state index < -0.39 is 0 Å². The minimum Gasteiger partial charge on any atom is -0.489 e. The molecular weight excluding hydrogens is 492 g/mol. The monoisotopic (exact) mass is 520 g/mol. The average Bonchev–Trinajstić information content (AvgIpc) is 3.30. The number of imidazole rings is 1. The number of rotatable bonds is 10. The van der Waals surface area contributed by atoms with Crippen LogP contribution in [0.1, 0.15) is 22.3 Å². The van der Waals surface area contributed by atoms with Crippen molar-refractivity contribution in [3.05, 3.63) is 125 Å². The smallest absolute Gasteiger partial charge is 0.250 e. The molecule has 0 atom stereocenters. The van der Waals surface area contributed by atoms with E-state index in [0.717, 1.165) is 33.1 Å². The van der Waals surface area contributed by atoms with Gasteiger partial charge in [0.1, 0.15) is 12.4 Å². The number of nitrogens with zero attached hydrogens (tertiary/aromatic N) is 3. The SMILES string of the molecule is Cc1ccc(Cn2c(SCC(=O)N/N=C/c3cccc(OCc4ccccc4)c3)nc3ccccc32)cc1. The van der Waals surface area contributed by atoms with E-state index in [1.165, 1.54) is 22.9 Å². The molecule has 1 heterocycles. The molecule has 4 aromatic carbocycles. The van der Waals surface area contributed by atoms with Gasteiger partial charge in [0, 0.05) is 0 Å². The van der Waals surface area contributed by atoms with E-state index in [2.05, 4.69) is 52.3 Å². The minimum absolute atomic E-state index is 0.198. The fourth-order valence-electron chi connectivity index (χ4n) is 3.96. The molecule has 1 N–H and O–H groups in total. The van der Waals surface area contributed by atoms with E-state index in [4.69, 9.17) is 9.72 Å². The molecule has 7 heteroatoms. The fourth-order valence-corrected chi connectivity index (χ4v) is 4.77. The van der Waals surface area contributed by atoms with Gasteiger partial charge >= 0.3 is 0 Å². The van der Waals surface area contributed by atoms with Crippen molar-refractivity contribution in [3.63, 3.8) is 0 Å². The standard InChI is InChI=1S/C31H28N4O2S/c1-23-14-16-24(17-15-23)20-35-29-13-6-5-12-28(29)33-31(35)38-22-30(36)34-32-19-26-10-7-11-27(18-26)37-21-25-8-3-2-4-9-25/h2-19H,20-22H2,1H3,(H,34,36)/b32-19+. The first-order chi connectivity index (χ1) is 18.6. The maximum Gasteiger partial charge on any atom is 0.250 e. The summed E-state index contributed by atoms with van der Waals surface area (Å²) in [4.78, 5) is 17.3. The summed E-state index contributed by atoms with van der Waals surface area (Å²) in [5.74, 6) is 0.748. The zero-order valence-electron chi connectivity index (χ0n) is 21.1. The summed E-state index contributed by atoms with van der Waals surface area (Å²) in [6, 6.07) is 34.1. The first kappa shape index (κ1) is 25.3. The lowest BCUT2D eigenvalue weighted by Crippen LogP contribution is -2.20. The van der Waals surface area contributed by atoms with Crippen molar-refractivity contribution in [1.82, 2.24) is 15.0 Å². The Labute approximate surface area is 226 Å². The molecule has 1 amide bonds. The van der Waals surface area contributed by atoms with Gasteiger partial charge in [-0.05, 0) is 47.9 Å². The zero-order chi connectivity index (χ0) is 26.2. The van der Waals surface area contributed by atoms with E-state index >= 15 is 0 Å². The van der Waals surface area contributed by atoms with Crippen molar-refractivity contribution in [2.45, 2.75) is 25.2 Å². The van der Waals surface area contributed by atoms with Crippen molar-refractivity contribution in [2.75, 3.05) is 5.75 Å². The van der Waals surface area contributed by atoms with Gasteiger partial charge in [-0.3, -0.25) is 4.79 Å². The predicted octanol–water partition coefficient (Wildman–Crippen LogP) is 6.21. The van der Waals surface area contributed by atoms with Gasteiger partial charge in [-0.25, -0.2) is 10.4 Å². The number of para-hydroxylation sites is 2. The van der Waals surface area contributed by atoms with Gasteiger partial charge in [0.15, 0.2) is 5.16 Å². The van der Waals surface area contributed by atoms with E-state index in [-0.39, 0.29) is 11.7 Å². The summed E-state index contributed by atoms with van der Waals surface area (Å²) < 4.78 is 8.03. The molecule has 0 aliphatic rings. The van der Waals surface area contributed by atoms with Crippen LogP contribution in [0, 0.1) is 6.92 Å². The van der Waals surface area contributed by atoms with Crippen LogP contribution in [0.15, 0.2) is 113 Å². The lowest BCUT2D eigenvalue weighted by atomic mass is 10.1. The first-order valence-electron chi connectivity index (χ1n) is 12.4. The molecular formula is C31H28N4O2S. The summed E-state index contributed by atoms with van der Waals surface area (Å²) in [5.41, 5.74) is 8.92. The van der Waals surface area contributed by atoms with E-state index in [0.29, 0.717) is 13.2 Å². The van der Waals surface area contributed by atoms with Gasteiger partial charge < -0.3 is 9.30 Å². The Hall–Kier alpha value is -4.36. The summed E-state index contributed by atoms with van der Waals surface area (Å²) in [6.07, 6.45) is 1.62. The van der Waals surface area contributed by atoms with Crippen LogP contribution in [0.25, 0.3) is 11.0 Å².